The normalized spacial score (nSPS) is 10.2. The van der Waals surface area contributed by atoms with E-state index in [1.165, 1.54) is 6.07 Å². The molecule has 10 heteroatoms. The molecule has 1 heterocycles. The molecule has 0 radical (unpaired) electrons. The van der Waals surface area contributed by atoms with Gasteiger partial charge in [-0.1, -0.05) is 12.1 Å². The first-order valence-electron chi connectivity index (χ1n) is 5.90. The Hall–Kier alpha value is -2.46. The number of nitrogens with one attached hydrogen (secondary N) is 1. The number of hydrogen-bond donors (Lipinski definition) is 2. The fraction of sp³-hybridized carbons (Fsp3) is 0.182. The van der Waals surface area contributed by atoms with E-state index in [2.05, 4.69) is 20.4 Å². The zero-order valence-electron chi connectivity index (χ0n) is 11.0. The summed E-state index contributed by atoms with van der Waals surface area (Å²) < 4.78 is 5.20. The summed E-state index contributed by atoms with van der Waals surface area (Å²) in [7, 11) is 0. The molecule has 0 fully saturated rings. The Morgan fingerprint density at radius 2 is 2.14 bits per heavy atom. The fourth-order valence-corrected chi connectivity index (χ4v) is 2.28. The van der Waals surface area contributed by atoms with E-state index < -0.39 is 4.92 Å². The summed E-state index contributed by atoms with van der Waals surface area (Å²) in [5.74, 6) is 5.40. The molecule has 2 aromatic rings. The van der Waals surface area contributed by atoms with Crippen molar-refractivity contribution in [3.8, 4) is 6.01 Å². The molecule has 0 aliphatic heterocycles. The molecule has 0 amide bonds. The molecular formula is C11H12N6O3S. The number of anilines is 1. The minimum absolute atomic E-state index is 0.0249. The van der Waals surface area contributed by atoms with E-state index in [4.69, 9.17) is 10.6 Å². The van der Waals surface area contributed by atoms with Crippen LogP contribution in [0.15, 0.2) is 34.3 Å². The summed E-state index contributed by atoms with van der Waals surface area (Å²) in [4.78, 5) is 23.0. The second kappa shape index (κ2) is 6.81. The lowest BCUT2D eigenvalue weighted by atomic mass is 10.3. The van der Waals surface area contributed by atoms with Crippen LogP contribution in [0.2, 0.25) is 0 Å². The van der Waals surface area contributed by atoms with Crippen LogP contribution in [-0.2, 0) is 0 Å². The Morgan fingerprint density at radius 3 is 2.81 bits per heavy atom. The molecule has 0 spiro atoms. The van der Waals surface area contributed by atoms with E-state index in [0.717, 1.165) is 11.8 Å². The number of aromatic nitrogens is 3. The van der Waals surface area contributed by atoms with Gasteiger partial charge in [0.15, 0.2) is 0 Å². The van der Waals surface area contributed by atoms with Gasteiger partial charge in [0.25, 0.3) is 5.69 Å². The van der Waals surface area contributed by atoms with Crippen LogP contribution >= 0.6 is 11.8 Å². The summed E-state index contributed by atoms with van der Waals surface area (Å²) in [6.07, 6.45) is 0. The van der Waals surface area contributed by atoms with Crippen molar-refractivity contribution in [2.45, 2.75) is 17.0 Å². The van der Waals surface area contributed by atoms with Crippen LogP contribution in [0.1, 0.15) is 6.92 Å². The summed E-state index contributed by atoms with van der Waals surface area (Å²) in [6.45, 7) is 2.16. The molecule has 0 saturated heterocycles. The molecule has 2 rings (SSSR count). The van der Waals surface area contributed by atoms with E-state index in [-0.39, 0.29) is 22.8 Å². The summed E-state index contributed by atoms with van der Waals surface area (Å²) >= 11 is 1.03. The molecular weight excluding hydrogens is 296 g/mol. The van der Waals surface area contributed by atoms with Crippen molar-refractivity contribution in [1.82, 2.24) is 15.0 Å². The van der Waals surface area contributed by atoms with E-state index in [1.807, 2.05) is 0 Å². The van der Waals surface area contributed by atoms with Gasteiger partial charge in [-0.2, -0.15) is 15.0 Å². The van der Waals surface area contributed by atoms with Crippen molar-refractivity contribution in [2.75, 3.05) is 12.0 Å². The minimum Gasteiger partial charge on any atom is -0.464 e. The minimum atomic E-state index is -0.463. The molecule has 9 nitrogen and oxygen atoms in total. The molecule has 0 saturated carbocycles. The van der Waals surface area contributed by atoms with Crippen molar-refractivity contribution in [3.05, 3.63) is 34.4 Å². The van der Waals surface area contributed by atoms with Gasteiger partial charge in [0.2, 0.25) is 11.1 Å². The number of nitrogens with two attached hydrogens (primary N) is 1. The fourth-order valence-electron chi connectivity index (χ4n) is 1.43. The van der Waals surface area contributed by atoms with E-state index >= 15 is 0 Å². The number of rotatable bonds is 6. The first-order valence-corrected chi connectivity index (χ1v) is 6.72. The number of para-hydroxylation sites is 1. The van der Waals surface area contributed by atoms with Crippen molar-refractivity contribution in [1.29, 1.82) is 0 Å². The van der Waals surface area contributed by atoms with Crippen LogP contribution in [-0.4, -0.2) is 26.5 Å². The maximum absolute atomic E-state index is 11.0. The molecule has 1 aromatic heterocycles. The third-order valence-corrected chi connectivity index (χ3v) is 3.19. The molecule has 0 aliphatic rings. The number of nitro benzene ring substituents is 1. The molecule has 0 aliphatic carbocycles. The third kappa shape index (κ3) is 3.77. The smallest absolute Gasteiger partial charge is 0.322 e. The van der Waals surface area contributed by atoms with Crippen molar-refractivity contribution >= 4 is 23.4 Å². The molecule has 0 atom stereocenters. The SMILES string of the molecule is CCOc1nc(NN)nc(Sc2ccccc2[N+](=O)[O-])n1. The third-order valence-electron chi connectivity index (χ3n) is 2.26. The highest BCUT2D eigenvalue weighted by Crippen LogP contribution is 2.33. The lowest BCUT2D eigenvalue weighted by Gasteiger charge is -2.06. The molecule has 3 N–H and O–H groups in total. The second-order valence-corrected chi connectivity index (χ2v) is 4.64. The second-order valence-electron chi connectivity index (χ2n) is 3.63. The Labute approximate surface area is 124 Å². The van der Waals surface area contributed by atoms with Gasteiger partial charge in [-0.05, 0) is 24.8 Å². The van der Waals surface area contributed by atoms with Gasteiger partial charge >= 0.3 is 6.01 Å². The Kier molecular flexibility index (Phi) is 4.85. The average Bonchev–Trinajstić information content (AvgIpc) is 2.47. The lowest BCUT2D eigenvalue weighted by Crippen LogP contribution is -2.12. The molecule has 1 aromatic carbocycles. The predicted octanol–water partition coefficient (Wildman–Crippen LogP) is 1.62. The maximum Gasteiger partial charge on any atom is 0.322 e. The van der Waals surface area contributed by atoms with Gasteiger partial charge in [0.1, 0.15) is 0 Å². The van der Waals surface area contributed by atoms with Gasteiger partial charge in [0, 0.05) is 6.07 Å². The number of hydrazine groups is 1. The first kappa shape index (κ1) is 14.9. The van der Waals surface area contributed by atoms with Gasteiger partial charge in [-0.15, -0.1) is 0 Å². The summed E-state index contributed by atoms with van der Waals surface area (Å²) in [5, 5.41) is 11.2. The standard InChI is InChI=1S/C11H12N6O3S/c1-2-20-10-13-9(16-12)14-11(15-10)21-8-6-4-3-5-7(8)17(18)19/h3-6H,2,12H2,1H3,(H,13,14,15,16). The highest BCUT2D eigenvalue weighted by Gasteiger charge is 2.16. The summed E-state index contributed by atoms with van der Waals surface area (Å²) in [5.41, 5.74) is 2.28. The molecule has 0 bridgehead atoms. The Balaban J connectivity index is 2.35. The van der Waals surface area contributed by atoms with Crippen LogP contribution in [0.3, 0.4) is 0 Å². The van der Waals surface area contributed by atoms with Gasteiger partial charge in [0.05, 0.1) is 16.4 Å². The highest BCUT2D eigenvalue weighted by molar-refractivity contribution is 7.99. The van der Waals surface area contributed by atoms with Gasteiger partial charge in [-0.25, -0.2) is 5.84 Å². The lowest BCUT2D eigenvalue weighted by molar-refractivity contribution is -0.387. The number of nitrogens with zero attached hydrogens (tertiary/aromatic N) is 4. The van der Waals surface area contributed by atoms with E-state index in [9.17, 15) is 10.1 Å². The highest BCUT2D eigenvalue weighted by atomic mass is 32.2. The van der Waals surface area contributed by atoms with Crippen LogP contribution in [0.5, 0.6) is 6.01 Å². The Morgan fingerprint density at radius 1 is 1.38 bits per heavy atom. The largest absolute Gasteiger partial charge is 0.464 e. The monoisotopic (exact) mass is 308 g/mol. The first-order chi connectivity index (χ1) is 10.1. The number of nitro groups is 1. The van der Waals surface area contributed by atoms with Crippen molar-refractivity contribution < 1.29 is 9.66 Å². The zero-order valence-corrected chi connectivity index (χ0v) is 11.8. The van der Waals surface area contributed by atoms with Gasteiger partial charge < -0.3 is 4.74 Å². The van der Waals surface area contributed by atoms with Crippen LogP contribution in [0.4, 0.5) is 11.6 Å². The summed E-state index contributed by atoms with van der Waals surface area (Å²) in [6, 6.07) is 6.41. The van der Waals surface area contributed by atoms with Crippen molar-refractivity contribution in [3.63, 3.8) is 0 Å². The van der Waals surface area contributed by atoms with Crippen LogP contribution < -0.4 is 16.0 Å². The number of hydrogen-bond acceptors (Lipinski definition) is 9. The topological polar surface area (TPSA) is 129 Å². The van der Waals surface area contributed by atoms with Crippen LogP contribution in [0, 0.1) is 10.1 Å². The molecule has 0 unspecified atom stereocenters. The van der Waals surface area contributed by atoms with Gasteiger partial charge in [-0.3, -0.25) is 15.5 Å². The number of nitrogen functional groups attached to an aromatic ring is 1. The molecule has 21 heavy (non-hydrogen) atoms. The van der Waals surface area contributed by atoms with E-state index in [1.54, 1.807) is 25.1 Å². The number of benzene rings is 1. The molecule has 110 valence electrons. The zero-order chi connectivity index (χ0) is 15.2. The van der Waals surface area contributed by atoms with E-state index in [0.29, 0.717) is 11.5 Å². The average molecular weight is 308 g/mol. The van der Waals surface area contributed by atoms with Crippen molar-refractivity contribution in [2.24, 2.45) is 5.84 Å². The van der Waals surface area contributed by atoms with Crippen LogP contribution in [0.25, 0.3) is 0 Å². The predicted molar refractivity (Wildman–Crippen MR) is 76.0 cm³/mol. The Bertz CT molecular complexity index is 654. The quantitative estimate of drug-likeness (QED) is 0.464. The maximum atomic E-state index is 11.0. The number of ether oxygens (including phenoxy) is 1.